The van der Waals surface area contributed by atoms with Gasteiger partial charge in [-0.3, -0.25) is 0 Å². The summed E-state index contributed by atoms with van der Waals surface area (Å²) in [6.45, 7) is 0. The molecule has 0 atom stereocenters. The first-order valence-electron chi connectivity index (χ1n) is 8.86. The lowest BCUT2D eigenvalue weighted by molar-refractivity contribution is 0.479. The molecule has 4 nitrogen and oxygen atoms in total. The van der Waals surface area contributed by atoms with Crippen LogP contribution >= 0.6 is 0 Å². The molecule has 2 aromatic heterocycles. The summed E-state index contributed by atoms with van der Waals surface area (Å²) in [4.78, 5) is 9.15. The number of rotatable bonds is 5. The summed E-state index contributed by atoms with van der Waals surface area (Å²) in [5, 5.41) is 21.8. The van der Waals surface area contributed by atoms with Gasteiger partial charge < -0.3 is 10.2 Å². The van der Waals surface area contributed by atoms with Gasteiger partial charge in [0.05, 0.1) is 0 Å². The van der Waals surface area contributed by atoms with Gasteiger partial charge in [-0.05, 0) is 49.9 Å². The Hall–Kier alpha value is -3.14. The van der Waals surface area contributed by atoms with Gasteiger partial charge in [0.2, 0.25) is 0 Å². The molecule has 2 N–H and O–H groups in total. The summed E-state index contributed by atoms with van der Waals surface area (Å²) in [5.74, 6) is 0.453. The van der Waals surface area contributed by atoms with E-state index in [1.54, 1.807) is 12.1 Å². The van der Waals surface area contributed by atoms with Crippen LogP contribution in [0.25, 0.3) is 21.8 Å². The first kappa shape index (κ1) is 16.3. The Labute approximate surface area is 151 Å². The van der Waals surface area contributed by atoms with Gasteiger partial charge in [0.25, 0.3) is 0 Å². The van der Waals surface area contributed by atoms with Gasteiger partial charge in [0, 0.05) is 22.2 Å². The van der Waals surface area contributed by atoms with E-state index in [1.807, 2.05) is 48.5 Å². The standard InChI is InChI=1S/C22H20N2O2/c25-19-9-3-5-15-11-13-17(23-21(15)19)7-1-2-8-18-14-12-16-6-4-10-20(26)22(16)24-18/h3-6,9-14,25-26H,1-2,7-8H2. The zero-order valence-corrected chi connectivity index (χ0v) is 14.4. The fourth-order valence-corrected chi connectivity index (χ4v) is 3.23. The van der Waals surface area contributed by atoms with E-state index in [9.17, 15) is 10.2 Å². The molecule has 0 spiro atoms. The van der Waals surface area contributed by atoms with Gasteiger partial charge in [-0.25, -0.2) is 9.97 Å². The third-order valence-electron chi connectivity index (χ3n) is 4.63. The molecule has 4 heteroatoms. The summed E-state index contributed by atoms with van der Waals surface area (Å²) in [7, 11) is 0. The number of pyridine rings is 2. The highest BCUT2D eigenvalue weighted by molar-refractivity contribution is 5.84. The van der Waals surface area contributed by atoms with Crippen molar-refractivity contribution in [2.45, 2.75) is 25.7 Å². The van der Waals surface area contributed by atoms with Crippen LogP contribution in [0.4, 0.5) is 0 Å². The molecular weight excluding hydrogens is 324 g/mol. The minimum absolute atomic E-state index is 0.226. The Balaban J connectivity index is 1.39. The Morgan fingerprint density at radius 2 is 1.04 bits per heavy atom. The Morgan fingerprint density at radius 3 is 1.50 bits per heavy atom. The van der Waals surface area contributed by atoms with Gasteiger partial charge in [0.15, 0.2) is 0 Å². The molecular formula is C22H20N2O2. The topological polar surface area (TPSA) is 66.2 Å². The lowest BCUT2D eigenvalue weighted by atomic mass is 10.1. The summed E-state index contributed by atoms with van der Waals surface area (Å²) in [6.07, 6.45) is 3.71. The molecule has 0 unspecified atom stereocenters. The van der Waals surface area contributed by atoms with Gasteiger partial charge >= 0.3 is 0 Å². The zero-order chi connectivity index (χ0) is 17.9. The van der Waals surface area contributed by atoms with E-state index in [0.29, 0.717) is 11.0 Å². The number of fused-ring (bicyclic) bond motifs is 2. The van der Waals surface area contributed by atoms with Crippen LogP contribution in [0.3, 0.4) is 0 Å². The number of para-hydroxylation sites is 2. The van der Waals surface area contributed by atoms with Crippen molar-refractivity contribution in [3.63, 3.8) is 0 Å². The summed E-state index contributed by atoms with van der Waals surface area (Å²) in [6, 6.07) is 18.9. The number of aryl methyl sites for hydroxylation is 2. The monoisotopic (exact) mass is 344 g/mol. The highest BCUT2D eigenvalue weighted by Crippen LogP contribution is 2.24. The average Bonchev–Trinajstić information content (AvgIpc) is 2.66. The normalized spacial score (nSPS) is 11.2. The molecule has 0 saturated heterocycles. The quantitative estimate of drug-likeness (QED) is 0.512. The molecule has 0 aliphatic rings. The fraction of sp³-hybridized carbons (Fsp3) is 0.182. The number of aromatic nitrogens is 2. The van der Waals surface area contributed by atoms with Crippen LogP contribution < -0.4 is 0 Å². The second-order valence-corrected chi connectivity index (χ2v) is 6.51. The SMILES string of the molecule is Oc1cccc2ccc(CCCCc3ccc4cccc(O)c4n3)nc12. The fourth-order valence-electron chi connectivity index (χ4n) is 3.23. The van der Waals surface area contributed by atoms with E-state index in [4.69, 9.17) is 0 Å². The predicted molar refractivity (Wildman–Crippen MR) is 103 cm³/mol. The lowest BCUT2D eigenvalue weighted by Crippen LogP contribution is -1.95. The smallest absolute Gasteiger partial charge is 0.141 e. The number of hydrogen-bond donors (Lipinski definition) is 2. The molecule has 2 heterocycles. The van der Waals surface area contributed by atoms with Crippen molar-refractivity contribution >= 4 is 21.8 Å². The minimum Gasteiger partial charge on any atom is -0.506 e. The number of unbranched alkanes of at least 4 members (excludes halogenated alkanes) is 1. The molecule has 0 aliphatic heterocycles. The maximum absolute atomic E-state index is 9.93. The number of phenols is 2. The van der Waals surface area contributed by atoms with Gasteiger partial charge in [0.1, 0.15) is 22.5 Å². The first-order chi connectivity index (χ1) is 12.7. The molecule has 4 aromatic rings. The third kappa shape index (κ3) is 3.31. The molecule has 0 bridgehead atoms. The van der Waals surface area contributed by atoms with Crippen LogP contribution in [-0.4, -0.2) is 20.2 Å². The molecule has 0 saturated carbocycles. The number of phenolic OH excluding ortho intramolecular Hbond substituents is 2. The van der Waals surface area contributed by atoms with Crippen molar-refractivity contribution < 1.29 is 10.2 Å². The van der Waals surface area contributed by atoms with Crippen molar-refractivity contribution in [2.75, 3.05) is 0 Å². The van der Waals surface area contributed by atoms with Gasteiger partial charge in [-0.15, -0.1) is 0 Å². The van der Waals surface area contributed by atoms with Gasteiger partial charge in [-0.2, -0.15) is 0 Å². The highest BCUT2D eigenvalue weighted by atomic mass is 16.3. The highest BCUT2D eigenvalue weighted by Gasteiger charge is 2.05. The van der Waals surface area contributed by atoms with Crippen molar-refractivity contribution in [2.24, 2.45) is 0 Å². The van der Waals surface area contributed by atoms with Crippen LogP contribution in [0.2, 0.25) is 0 Å². The van der Waals surface area contributed by atoms with Crippen LogP contribution in [0.5, 0.6) is 11.5 Å². The molecule has 0 radical (unpaired) electrons. The van der Waals surface area contributed by atoms with Crippen molar-refractivity contribution in [3.8, 4) is 11.5 Å². The molecule has 2 aromatic carbocycles. The maximum atomic E-state index is 9.93. The van der Waals surface area contributed by atoms with Crippen molar-refractivity contribution in [1.82, 2.24) is 9.97 Å². The van der Waals surface area contributed by atoms with Gasteiger partial charge in [-0.1, -0.05) is 36.4 Å². The van der Waals surface area contributed by atoms with E-state index in [1.165, 1.54) is 0 Å². The molecule has 130 valence electrons. The van der Waals surface area contributed by atoms with E-state index in [2.05, 4.69) is 9.97 Å². The van der Waals surface area contributed by atoms with Crippen LogP contribution in [0, 0.1) is 0 Å². The van der Waals surface area contributed by atoms with Crippen LogP contribution in [-0.2, 0) is 12.8 Å². The van der Waals surface area contributed by atoms with E-state index in [-0.39, 0.29) is 11.5 Å². The largest absolute Gasteiger partial charge is 0.506 e. The number of nitrogens with zero attached hydrogens (tertiary/aromatic N) is 2. The number of benzene rings is 2. The maximum Gasteiger partial charge on any atom is 0.141 e. The molecule has 0 fully saturated rings. The van der Waals surface area contributed by atoms with Crippen molar-refractivity contribution in [3.05, 3.63) is 72.1 Å². The van der Waals surface area contributed by atoms with Crippen LogP contribution in [0.15, 0.2) is 60.7 Å². The Kier molecular flexibility index (Phi) is 4.40. The summed E-state index contributed by atoms with van der Waals surface area (Å²) in [5.41, 5.74) is 3.31. The Morgan fingerprint density at radius 1 is 0.577 bits per heavy atom. The third-order valence-corrected chi connectivity index (χ3v) is 4.63. The lowest BCUT2D eigenvalue weighted by Gasteiger charge is -2.06. The van der Waals surface area contributed by atoms with E-state index in [0.717, 1.165) is 47.8 Å². The molecule has 0 amide bonds. The Bertz CT molecular complexity index is 989. The minimum atomic E-state index is 0.226. The number of aromatic hydroxyl groups is 2. The van der Waals surface area contributed by atoms with Crippen molar-refractivity contribution in [1.29, 1.82) is 0 Å². The first-order valence-corrected chi connectivity index (χ1v) is 8.86. The zero-order valence-electron chi connectivity index (χ0n) is 14.4. The predicted octanol–water partition coefficient (Wildman–Crippen LogP) is 4.76. The second-order valence-electron chi connectivity index (χ2n) is 6.51. The van der Waals surface area contributed by atoms with E-state index >= 15 is 0 Å². The van der Waals surface area contributed by atoms with E-state index < -0.39 is 0 Å². The molecule has 4 rings (SSSR count). The molecule has 26 heavy (non-hydrogen) atoms. The summed E-state index contributed by atoms with van der Waals surface area (Å²) >= 11 is 0. The number of hydrogen-bond acceptors (Lipinski definition) is 4. The van der Waals surface area contributed by atoms with Crippen LogP contribution in [0.1, 0.15) is 24.2 Å². The average molecular weight is 344 g/mol. The summed E-state index contributed by atoms with van der Waals surface area (Å²) < 4.78 is 0. The second kappa shape index (κ2) is 7.00. The molecule has 0 aliphatic carbocycles.